The number of carbonyl (C=O) groups is 1. The lowest BCUT2D eigenvalue weighted by Crippen LogP contribution is -2.23. The van der Waals surface area contributed by atoms with E-state index in [0.717, 1.165) is 29.5 Å². The van der Waals surface area contributed by atoms with Crippen molar-refractivity contribution >= 4 is 23.4 Å². The van der Waals surface area contributed by atoms with Crippen LogP contribution in [0.5, 0.6) is 0 Å². The smallest absolute Gasteiger partial charge is 0.237 e. The van der Waals surface area contributed by atoms with Crippen LogP contribution < -0.4 is 5.32 Å². The average molecular weight is 359 g/mol. The van der Waals surface area contributed by atoms with E-state index < -0.39 is 22.8 Å². The van der Waals surface area contributed by atoms with Crippen molar-refractivity contribution in [2.75, 3.05) is 5.32 Å². The minimum atomic E-state index is -0.684. The van der Waals surface area contributed by atoms with Crippen LogP contribution in [-0.4, -0.2) is 21.1 Å². The van der Waals surface area contributed by atoms with E-state index in [1.165, 1.54) is 11.8 Å². The van der Waals surface area contributed by atoms with Gasteiger partial charge in [0, 0.05) is 6.07 Å². The van der Waals surface area contributed by atoms with Crippen molar-refractivity contribution < 1.29 is 13.6 Å². The number of nitrogens with one attached hydrogen (secondary N) is 2. The third-order valence-corrected chi connectivity index (χ3v) is 4.48. The molecule has 4 nitrogen and oxygen atoms in total. The molecule has 0 saturated heterocycles. The van der Waals surface area contributed by atoms with Gasteiger partial charge in [-0.05, 0) is 24.6 Å². The highest BCUT2D eigenvalue weighted by molar-refractivity contribution is 8.00. The van der Waals surface area contributed by atoms with Gasteiger partial charge in [0.2, 0.25) is 5.91 Å². The first kappa shape index (κ1) is 17.2. The molecule has 1 heterocycles. The van der Waals surface area contributed by atoms with E-state index in [-0.39, 0.29) is 5.69 Å². The van der Waals surface area contributed by atoms with E-state index in [0.29, 0.717) is 5.16 Å². The van der Waals surface area contributed by atoms with Crippen molar-refractivity contribution in [3.63, 3.8) is 0 Å². The summed E-state index contributed by atoms with van der Waals surface area (Å²) >= 11 is 1.20. The molecular formula is C18H15F2N3OS. The molecule has 0 aliphatic heterocycles. The molecule has 0 spiro atoms. The molecular weight excluding hydrogens is 344 g/mol. The van der Waals surface area contributed by atoms with Crippen LogP contribution in [0.2, 0.25) is 0 Å². The summed E-state index contributed by atoms with van der Waals surface area (Å²) in [5.74, 6) is -1.74. The molecule has 1 atom stereocenters. The summed E-state index contributed by atoms with van der Waals surface area (Å²) in [6.45, 7) is 1.67. The Kier molecular flexibility index (Phi) is 5.14. The molecule has 2 aromatic carbocycles. The van der Waals surface area contributed by atoms with Crippen LogP contribution >= 0.6 is 11.8 Å². The summed E-state index contributed by atoms with van der Waals surface area (Å²) in [6, 6.07) is 12.6. The number of nitrogens with zero attached hydrogens (tertiary/aromatic N) is 1. The maximum atomic E-state index is 13.6. The van der Waals surface area contributed by atoms with Crippen LogP contribution in [0.15, 0.2) is 59.9 Å². The van der Waals surface area contributed by atoms with E-state index in [9.17, 15) is 13.6 Å². The Balaban J connectivity index is 1.66. The summed E-state index contributed by atoms with van der Waals surface area (Å²) in [5, 5.41) is 2.42. The van der Waals surface area contributed by atoms with Gasteiger partial charge in [0.05, 0.1) is 22.8 Å². The van der Waals surface area contributed by atoms with E-state index in [1.807, 2.05) is 30.3 Å². The number of halogens is 2. The maximum absolute atomic E-state index is 13.6. The number of imidazole rings is 1. The highest BCUT2D eigenvalue weighted by atomic mass is 32.2. The molecule has 2 N–H and O–H groups in total. The van der Waals surface area contributed by atoms with Crippen molar-refractivity contribution in [3.05, 3.63) is 66.4 Å². The monoisotopic (exact) mass is 359 g/mol. The number of rotatable bonds is 5. The van der Waals surface area contributed by atoms with E-state index >= 15 is 0 Å². The first-order chi connectivity index (χ1) is 12.0. The zero-order valence-electron chi connectivity index (χ0n) is 13.3. The number of H-pyrrole nitrogens is 1. The van der Waals surface area contributed by atoms with Gasteiger partial charge in [-0.3, -0.25) is 4.79 Å². The maximum Gasteiger partial charge on any atom is 0.237 e. The fourth-order valence-electron chi connectivity index (χ4n) is 2.18. The highest BCUT2D eigenvalue weighted by Crippen LogP contribution is 2.25. The molecule has 7 heteroatoms. The van der Waals surface area contributed by atoms with Gasteiger partial charge in [0.15, 0.2) is 5.16 Å². The van der Waals surface area contributed by atoms with Gasteiger partial charge < -0.3 is 10.3 Å². The third-order valence-electron chi connectivity index (χ3n) is 3.48. The lowest BCUT2D eigenvalue weighted by Gasteiger charge is -2.11. The second kappa shape index (κ2) is 7.48. The van der Waals surface area contributed by atoms with Crippen LogP contribution in [0.1, 0.15) is 6.92 Å². The van der Waals surface area contributed by atoms with Crippen LogP contribution in [0, 0.1) is 11.6 Å². The first-order valence-electron chi connectivity index (χ1n) is 7.56. The summed E-state index contributed by atoms with van der Waals surface area (Å²) in [7, 11) is 0. The standard InChI is InChI=1S/C18H15F2N3OS/c1-11(17(24)22-15-9-13(19)7-8-14(15)20)25-18-21-10-16(23-18)12-5-3-2-4-6-12/h2-11H,1H3,(H,21,23)(H,22,24). The van der Waals surface area contributed by atoms with Crippen molar-refractivity contribution in [3.8, 4) is 11.3 Å². The Labute approximate surface area is 147 Å². The molecule has 0 saturated carbocycles. The lowest BCUT2D eigenvalue weighted by atomic mass is 10.2. The summed E-state index contributed by atoms with van der Waals surface area (Å²) in [5.41, 5.74) is 1.65. The number of anilines is 1. The number of hydrogen-bond donors (Lipinski definition) is 2. The number of carbonyl (C=O) groups excluding carboxylic acids is 1. The number of aromatic nitrogens is 2. The summed E-state index contributed by atoms with van der Waals surface area (Å²) in [6.07, 6.45) is 1.69. The third kappa shape index (κ3) is 4.24. The van der Waals surface area contributed by atoms with Gasteiger partial charge in [-0.2, -0.15) is 0 Å². The van der Waals surface area contributed by atoms with Gasteiger partial charge in [0.1, 0.15) is 11.6 Å². The van der Waals surface area contributed by atoms with Crippen LogP contribution in [0.4, 0.5) is 14.5 Å². The Morgan fingerprint density at radius 3 is 2.72 bits per heavy atom. The molecule has 128 valence electrons. The molecule has 25 heavy (non-hydrogen) atoms. The zero-order valence-corrected chi connectivity index (χ0v) is 14.1. The Hall–Kier alpha value is -2.67. The molecule has 0 fully saturated rings. The Bertz CT molecular complexity index is 883. The predicted octanol–water partition coefficient (Wildman–Crippen LogP) is 4.47. The van der Waals surface area contributed by atoms with Gasteiger partial charge in [-0.15, -0.1) is 0 Å². The molecule has 0 bridgehead atoms. The van der Waals surface area contributed by atoms with E-state index in [4.69, 9.17) is 0 Å². The number of hydrogen-bond acceptors (Lipinski definition) is 3. The van der Waals surface area contributed by atoms with Gasteiger partial charge in [-0.25, -0.2) is 13.8 Å². The van der Waals surface area contributed by atoms with Crippen molar-refractivity contribution in [1.29, 1.82) is 0 Å². The quantitative estimate of drug-likeness (QED) is 0.661. The molecule has 1 aromatic heterocycles. The fraction of sp³-hybridized carbons (Fsp3) is 0.111. The molecule has 0 aliphatic carbocycles. The number of amides is 1. The number of thioether (sulfide) groups is 1. The topological polar surface area (TPSA) is 57.8 Å². The number of aromatic amines is 1. The second-order valence-corrected chi connectivity index (χ2v) is 6.67. The predicted molar refractivity (Wildman–Crippen MR) is 94.3 cm³/mol. The van der Waals surface area contributed by atoms with Crippen molar-refractivity contribution in [1.82, 2.24) is 9.97 Å². The fourth-order valence-corrected chi connectivity index (χ4v) is 2.96. The van der Waals surface area contributed by atoms with E-state index in [1.54, 1.807) is 13.1 Å². The normalized spacial score (nSPS) is 12.0. The molecule has 0 aliphatic rings. The highest BCUT2D eigenvalue weighted by Gasteiger charge is 2.18. The lowest BCUT2D eigenvalue weighted by molar-refractivity contribution is -0.115. The van der Waals surface area contributed by atoms with E-state index in [2.05, 4.69) is 15.3 Å². The Morgan fingerprint density at radius 2 is 1.96 bits per heavy atom. The van der Waals surface area contributed by atoms with Crippen LogP contribution in [0.25, 0.3) is 11.3 Å². The Morgan fingerprint density at radius 1 is 1.20 bits per heavy atom. The molecule has 1 amide bonds. The SMILES string of the molecule is CC(Sc1ncc(-c2ccccc2)[nH]1)C(=O)Nc1cc(F)ccc1F. The molecule has 3 rings (SSSR count). The van der Waals surface area contributed by atoms with Gasteiger partial charge in [0.25, 0.3) is 0 Å². The summed E-state index contributed by atoms with van der Waals surface area (Å²) in [4.78, 5) is 19.6. The second-order valence-electron chi connectivity index (χ2n) is 5.34. The minimum Gasteiger partial charge on any atom is -0.333 e. The van der Waals surface area contributed by atoms with Crippen molar-refractivity contribution in [2.45, 2.75) is 17.3 Å². The number of benzene rings is 2. The van der Waals surface area contributed by atoms with Crippen molar-refractivity contribution in [2.24, 2.45) is 0 Å². The van der Waals surface area contributed by atoms with Gasteiger partial charge >= 0.3 is 0 Å². The van der Waals surface area contributed by atoms with Gasteiger partial charge in [-0.1, -0.05) is 42.1 Å². The molecule has 1 unspecified atom stereocenters. The van der Waals surface area contributed by atoms with Crippen LogP contribution in [0.3, 0.4) is 0 Å². The first-order valence-corrected chi connectivity index (χ1v) is 8.44. The zero-order chi connectivity index (χ0) is 17.8. The largest absolute Gasteiger partial charge is 0.333 e. The minimum absolute atomic E-state index is 0.179. The molecule has 0 radical (unpaired) electrons. The molecule has 3 aromatic rings. The average Bonchev–Trinajstić information content (AvgIpc) is 3.07. The van der Waals surface area contributed by atoms with Crippen LogP contribution in [-0.2, 0) is 4.79 Å². The summed E-state index contributed by atoms with van der Waals surface area (Å²) < 4.78 is 26.8.